The fourth-order valence-corrected chi connectivity index (χ4v) is 2.71. The number of rotatable bonds is 6. The zero-order valence-electron chi connectivity index (χ0n) is 13.6. The van der Waals surface area contributed by atoms with Gasteiger partial charge in [0.25, 0.3) is 0 Å². The number of nitrogens with zero attached hydrogens (tertiary/aromatic N) is 1. The summed E-state index contributed by atoms with van der Waals surface area (Å²) >= 11 is 0. The van der Waals surface area contributed by atoms with E-state index < -0.39 is 0 Å². The molecular formula is C18H32N2. The van der Waals surface area contributed by atoms with Crippen molar-refractivity contribution in [3.63, 3.8) is 0 Å². The summed E-state index contributed by atoms with van der Waals surface area (Å²) in [6.07, 6.45) is 5.39. The summed E-state index contributed by atoms with van der Waals surface area (Å²) in [6, 6.07) is 11.5. The van der Waals surface area contributed by atoms with E-state index in [9.17, 15) is 0 Å². The van der Waals surface area contributed by atoms with Crippen molar-refractivity contribution in [2.24, 2.45) is 0 Å². The van der Waals surface area contributed by atoms with Crippen LogP contribution in [0.4, 0.5) is 0 Å². The molecule has 0 amide bonds. The highest BCUT2D eigenvalue weighted by Gasteiger charge is 2.18. The Morgan fingerprint density at radius 2 is 1.90 bits per heavy atom. The maximum atomic E-state index is 3.65. The van der Waals surface area contributed by atoms with E-state index in [4.69, 9.17) is 0 Å². The Morgan fingerprint density at radius 3 is 2.60 bits per heavy atom. The van der Waals surface area contributed by atoms with Crippen molar-refractivity contribution < 1.29 is 0 Å². The molecular weight excluding hydrogens is 244 g/mol. The van der Waals surface area contributed by atoms with Crippen LogP contribution in [0.3, 0.4) is 0 Å². The molecule has 114 valence electrons. The molecule has 1 aliphatic heterocycles. The van der Waals surface area contributed by atoms with E-state index in [0.29, 0.717) is 6.04 Å². The lowest BCUT2D eigenvalue weighted by Gasteiger charge is -2.33. The molecule has 0 aromatic heterocycles. The normalized spacial score (nSPS) is 19.2. The Bertz CT molecular complexity index is 323. The van der Waals surface area contributed by atoms with Crippen LogP contribution in [0.1, 0.15) is 52.0 Å². The Labute approximate surface area is 125 Å². The van der Waals surface area contributed by atoms with Crippen LogP contribution in [0.5, 0.6) is 0 Å². The van der Waals surface area contributed by atoms with Crippen molar-refractivity contribution >= 4 is 0 Å². The molecule has 1 aliphatic rings. The van der Waals surface area contributed by atoms with E-state index in [1.165, 1.54) is 44.3 Å². The molecule has 1 unspecified atom stereocenters. The minimum absolute atomic E-state index is 0.703. The van der Waals surface area contributed by atoms with Crippen LogP contribution in [0.25, 0.3) is 0 Å². The van der Waals surface area contributed by atoms with E-state index in [1.54, 1.807) is 0 Å². The summed E-state index contributed by atoms with van der Waals surface area (Å²) in [5.74, 6) is 0. The first-order valence-electron chi connectivity index (χ1n) is 8.38. The zero-order valence-corrected chi connectivity index (χ0v) is 13.6. The standard InChI is InChI=1S/C16H26N2.C2H6/c1-2-3-5-10-16-14-18(12-11-17-16)13-15-8-6-4-7-9-15;1-2/h4,6-9,16-17H,2-3,5,10-14H2,1H3;1-2H3. The van der Waals surface area contributed by atoms with E-state index in [-0.39, 0.29) is 0 Å². The molecule has 0 bridgehead atoms. The first kappa shape index (κ1) is 17.2. The third-order valence-corrected chi connectivity index (χ3v) is 3.74. The predicted molar refractivity (Wildman–Crippen MR) is 89.0 cm³/mol. The van der Waals surface area contributed by atoms with Gasteiger partial charge in [-0.2, -0.15) is 0 Å². The number of benzene rings is 1. The third-order valence-electron chi connectivity index (χ3n) is 3.74. The second kappa shape index (κ2) is 10.9. The quantitative estimate of drug-likeness (QED) is 0.788. The van der Waals surface area contributed by atoms with Crippen LogP contribution >= 0.6 is 0 Å². The molecule has 1 atom stereocenters. The Balaban J connectivity index is 0.000000956. The molecule has 2 rings (SSSR count). The minimum atomic E-state index is 0.703. The highest BCUT2D eigenvalue weighted by molar-refractivity contribution is 5.14. The van der Waals surface area contributed by atoms with Gasteiger partial charge in [0.15, 0.2) is 0 Å². The largest absolute Gasteiger partial charge is 0.311 e. The molecule has 0 aliphatic carbocycles. The van der Waals surface area contributed by atoms with Gasteiger partial charge >= 0.3 is 0 Å². The molecule has 1 aromatic carbocycles. The van der Waals surface area contributed by atoms with Gasteiger partial charge in [0.05, 0.1) is 0 Å². The predicted octanol–water partition coefficient (Wildman–Crippen LogP) is 4.07. The molecule has 2 heteroatoms. The second-order valence-corrected chi connectivity index (χ2v) is 5.37. The molecule has 1 N–H and O–H groups in total. The van der Waals surface area contributed by atoms with Gasteiger partial charge < -0.3 is 5.32 Å². The summed E-state index contributed by atoms with van der Waals surface area (Å²) in [7, 11) is 0. The molecule has 0 spiro atoms. The Hall–Kier alpha value is -0.860. The van der Waals surface area contributed by atoms with Gasteiger partial charge in [0, 0.05) is 32.2 Å². The molecule has 0 radical (unpaired) electrons. The van der Waals surface area contributed by atoms with E-state index in [0.717, 1.165) is 13.1 Å². The van der Waals surface area contributed by atoms with Gasteiger partial charge in [-0.15, -0.1) is 0 Å². The molecule has 1 fully saturated rings. The van der Waals surface area contributed by atoms with E-state index >= 15 is 0 Å². The van der Waals surface area contributed by atoms with Crippen molar-refractivity contribution in [2.45, 2.75) is 59.0 Å². The van der Waals surface area contributed by atoms with Gasteiger partial charge in [0.2, 0.25) is 0 Å². The first-order valence-corrected chi connectivity index (χ1v) is 8.38. The summed E-state index contributed by atoms with van der Waals surface area (Å²) in [4.78, 5) is 2.59. The smallest absolute Gasteiger partial charge is 0.0234 e. The molecule has 1 aromatic rings. The van der Waals surface area contributed by atoms with Crippen LogP contribution in [0, 0.1) is 0 Å². The van der Waals surface area contributed by atoms with E-state index in [1.807, 2.05) is 13.8 Å². The van der Waals surface area contributed by atoms with Crippen molar-refractivity contribution in [3.05, 3.63) is 35.9 Å². The fourth-order valence-electron chi connectivity index (χ4n) is 2.71. The minimum Gasteiger partial charge on any atom is -0.311 e. The maximum Gasteiger partial charge on any atom is 0.0234 e. The number of nitrogens with one attached hydrogen (secondary N) is 1. The zero-order chi connectivity index (χ0) is 14.6. The summed E-state index contributed by atoms with van der Waals surface area (Å²) in [5.41, 5.74) is 1.44. The molecule has 0 saturated carbocycles. The average Bonchev–Trinajstić information content (AvgIpc) is 2.51. The van der Waals surface area contributed by atoms with Crippen LogP contribution < -0.4 is 5.32 Å². The lowest BCUT2D eigenvalue weighted by atomic mass is 10.1. The highest BCUT2D eigenvalue weighted by Crippen LogP contribution is 2.11. The average molecular weight is 276 g/mol. The maximum absolute atomic E-state index is 3.65. The van der Waals surface area contributed by atoms with Crippen LogP contribution in [0.2, 0.25) is 0 Å². The van der Waals surface area contributed by atoms with Crippen molar-refractivity contribution in [1.82, 2.24) is 10.2 Å². The molecule has 2 nitrogen and oxygen atoms in total. The number of piperazine rings is 1. The van der Waals surface area contributed by atoms with Crippen LogP contribution in [-0.4, -0.2) is 30.6 Å². The van der Waals surface area contributed by atoms with Crippen LogP contribution in [0.15, 0.2) is 30.3 Å². The van der Waals surface area contributed by atoms with Gasteiger partial charge in [-0.3, -0.25) is 4.90 Å². The monoisotopic (exact) mass is 276 g/mol. The summed E-state index contributed by atoms with van der Waals surface area (Å²) in [5, 5.41) is 3.65. The fraction of sp³-hybridized carbons (Fsp3) is 0.667. The summed E-state index contributed by atoms with van der Waals surface area (Å²) in [6.45, 7) is 10.9. The number of unbranched alkanes of at least 4 members (excludes halogenated alkanes) is 2. The van der Waals surface area contributed by atoms with Crippen molar-refractivity contribution in [3.8, 4) is 0 Å². The van der Waals surface area contributed by atoms with Gasteiger partial charge in [-0.05, 0) is 12.0 Å². The number of hydrogen-bond acceptors (Lipinski definition) is 2. The van der Waals surface area contributed by atoms with Gasteiger partial charge in [-0.1, -0.05) is 70.4 Å². The van der Waals surface area contributed by atoms with E-state index in [2.05, 4.69) is 47.5 Å². The number of hydrogen-bond donors (Lipinski definition) is 1. The Morgan fingerprint density at radius 1 is 1.15 bits per heavy atom. The third kappa shape index (κ3) is 6.53. The lowest BCUT2D eigenvalue weighted by molar-refractivity contribution is 0.185. The van der Waals surface area contributed by atoms with Crippen LogP contribution in [-0.2, 0) is 6.54 Å². The van der Waals surface area contributed by atoms with Gasteiger partial charge in [0.1, 0.15) is 0 Å². The molecule has 20 heavy (non-hydrogen) atoms. The summed E-state index contributed by atoms with van der Waals surface area (Å²) < 4.78 is 0. The SMILES string of the molecule is CC.CCCCCC1CN(Cc2ccccc2)CCN1. The van der Waals surface area contributed by atoms with Crippen molar-refractivity contribution in [1.29, 1.82) is 0 Å². The molecule has 1 heterocycles. The van der Waals surface area contributed by atoms with Crippen molar-refractivity contribution in [2.75, 3.05) is 19.6 Å². The highest BCUT2D eigenvalue weighted by atomic mass is 15.2. The molecule has 1 saturated heterocycles. The topological polar surface area (TPSA) is 15.3 Å². The first-order chi connectivity index (χ1) is 9.88. The Kier molecular flexibility index (Phi) is 9.35. The second-order valence-electron chi connectivity index (χ2n) is 5.37. The lowest BCUT2D eigenvalue weighted by Crippen LogP contribution is -2.50. The van der Waals surface area contributed by atoms with Gasteiger partial charge in [-0.25, -0.2) is 0 Å².